The lowest BCUT2D eigenvalue weighted by Gasteiger charge is -2.23. The van der Waals surface area contributed by atoms with E-state index in [1.807, 2.05) is 18.2 Å². The molecule has 0 radical (unpaired) electrons. The predicted molar refractivity (Wildman–Crippen MR) is 130 cm³/mol. The molecule has 0 fully saturated rings. The number of likely N-dealkylation sites (N-methyl/N-ethyl adjacent to an activating group) is 1. The second-order valence-corrected chi connectivity index (χ2v) is 8.74. The summed E-state index contributed by atoms with van der Waals surface area (Å²) in [4.78, 5) is 32.2. The van der Waals surface area contributed by atoms with E-state index < -0.39 is 4.92 Å². The van der Waals surface area contributed by atoms with E-state index in [0.29, 0.717) is 17.2 Å². The molecule has 162 valence electrons. The molecule has 0 saturated heterocycles. The van der Waals surface area contributed by atoms with Gasteiger partial charge < -0.3 is 4.90 Å². The quantitative estimate of drug-likeness (QED) is 0.223. The molecule has 0 bridgehead atoms. The highest BCUT2D eigenvalue weighted by molar-refractivity contribution is 9.10. The summed E-state index contributed by atoms with van der Waals surface area (Å²) < 4.78 is 1.95. The van der Waals surface area contributed by atoms with Crippen LogP contribution in [0.4, 0.5) is 10.8 Å². The molecule has 3 rings (SSSR count). The van der Waals surface area contributed by atoms with E-state index in [1.54, 1.807) is 23.1 Å². The van der Waals surface area contributed by atoms with E-state index >= 15 is 0 Å². The third-order valence-electron chi connectivity index (χ3n) is 4.87. The Morgan fingerprint density at radius 3 is 2.68 bits per heavy atom. The van der Waals surface area contributed by atoms with Crippen LogP contribution in [0.1, 0.15) is 19.4 Å². The zero-order valence-corrected chi connectivity index (χ0v) is 19.7. The summed E-state index contributed by atoms with van der Waals surface area (Å²) in [5, 5.41) is 11.6. The van der Waals surface area contributed by atoms with Crippen LogP contribution < -0.4 is 4.90 Å². The van der Waals surface area contributed by atoms with Crippen LogP contribution in [-0.2, 0) is 4.79 Å². The van der Waals surface area contributed by atoms with Gasteiger partial charge in [-0.2, -0.15) is 0 Å². The molecule has 9 heteroatoms. The van der Waals surface area contributed by atoms with Gasteiger partial charge in [-0.3, -0.25) is 19.8 Å². The van der Waals surface area contributed by atoms with E-state index in [2.05, 4.69) is 39.7 Å². The normalized spacial score (nSPS) is 11.5. The molecule has 0 aliphatic carbocycles. The van der Waals surface area contributed by atoms with Crippen LogP contribution in [-0.4, -0.2) is 46.9 Å². The van der Waals surface area contributed by atoms with Crippen molar-refractivity contribution in [1.82, 2.24) is 9.88 Å². The fourth-order valence-corrected chi connectivity index (χ4v) is 4.63. The number of benzene rings is 2. The molecule has 0 unspecified atom stereocenters. The third kappa shape index (κ3) is 5.96. The number of nitro groups is 1. The molecule has 0 N–H and O–H groups in total. The maximum Gasteiger partial charge on any atom is 0.270 e. The zero-order chi connectivity index (χ0) is 22.4. The topological polar surface area (TPSA) is 79.6 Å². The number of nitro benzene ring substituents is 1. The van der Waals surface area contributed by atoms with E-state index in [1.165, 1.54) is 29.5 Å². The summed E-state index contributed by atoms with van der Waals surface area (Å²) in [6, 6.07) is 12.0. The molecule has 2 aromatic carbocycles. The first-order valence-electron chi connectivity index (χ1n) is 9.93. The number of carbonyl (C=O) groups excluding carboxylic acids is 1. The Balaban J connectivity index is 1.88. The lowest BCUT2D eigenvalue weighted by Crippen LogP contribution is -2.38. The Hall–Kier alpha value is -2.62. The van der Waals surface area contributed by atoms with Gasteiger partial charge >= 0.3 is 0 Å². The van der Waals surface area contributed by atoms with Crippen molar-refractivity contribution in [3.05, 3.63) is 68.7 Å². The number of carbonyl (C=O) groups is 1. The molecule has 0 aliphatic heterocycles. The molecule has 31 heavy (non-hydrogen) atoms. The van der Waals surface area contributed by atoms with Gasteiger partial charge in [0.25, 0.3) is 11.6 Å². The molecule has 1 aromatic heterocycles. The van der Waals surface area contributed by atoms with E-state index in [4.69, 9.17) is 0 Å². The number of hydrogen-bond donors (Lipinski definition) is 0. The van der Waals surface area contributed by atoms with Crippen LogP contribution in [0.25, 0.3) is 16.3 Å². The van der Waals surface area contributed by atoms with Crippen LogP contribution >= 0.6 is 27.3 Å². The van der Waals surface area contributed by atoms with Crippen molar-refractivity contribution < 1.29 is 9.72 Å². The Morgan fingerprint density at radius 1 is 1.19 bits per heavy atom. The van der Waals surface area contributed by atoms with Gasteiger partial charge in [0, 0.05) is 35.8 Å². The van der Waals surface area contributed by atoms with E-state index in [0.717, 1.165) is 34.3 Å². The van der Waals surface area contributed by atoms with Gasteiger partial charge in [-0.05, 0) is 42.9 Å². The molecule has 7 nitrogen and oxygen atoms in total. The highest BCUT2D eigenvalue weighted by Gasteiger charge is 2.19. The summed E-state index contributed by atoms with van der Waals surface area (Å²) >= 11 is 4.94. The third-order valence-corrected chi connectivity index (χ3v) is 6.40. The van der Waals surface area contributed by atoms with Gasteiger partial charge in [0.2, 0.25) is 0 Å². The van der Waals surface area contributed by atoms with Crippen molar-refractivity contribution in [2.75, 3.05) is 31.1 Å². The number of rotatable bonds is 9. The second kappa shape index (κ2) is 10.6. The highest BCUT2D eigenvalue weighted by atomic mass is 79.9. The zero-order valence-electron chi connectivity index (χ0n) is 17.3. The number of aromatic nitrogens is 1. The first-order valence-corrected chi connectivity index (χ1v) is 11.5. The summed E-state index contributed by atoms with van der Waals surface area (Å²) in [7, 11) is 0. The van der Waals surface area contributed by atoms with Crippen molar-refractivity contribution in [2.24, 2.45) is 0 Å². The number of halogens is 1. The SMILES string of the molecule is CCN(CC)CCN(C(=O)/C=C/c1cccc([N+](=O)[O-])c1)c1nc2ccc(Br)cc2s1. The van der Waals surface area contributed by atoms with Crippen LogP contribution in [0.3, 0.4) is 0 Å². The van der Waals surface area contributed by atoms with Crippen molar-refractivity contribution in [3.8, 4) is 0 Å². The van der Waals surface area contributed by atoms with Crippen molar-refractivity contribution in [3.63, 3.8) is 0 Å². The summed E-state index contributed by atoms with van der Waals surface area (Å²) in [5.74, 6) is -0.211. The Labute approximate surface area is 193 Å². The summed E-state index contributed by atoms with van der Waals surface area (Å²) in [6.45, 7) is 7.20. The summed E-state index contributed by atoms with van der Waals surface area (Å²) in [5.41, 5.74) is 1.43. The van der Waals surface area contributed by atoms with Crippen molar-refractivity contribution in [1.29, 1.82) is 0 Å². The average molecular weight is 503 g/mol. The van der Waals surface area contributed by atoms with Crippen LogP contribution in [0, 0.1) is 10.1 Å². The first-order chi connectivity index (χ1) is 14.9. The van der Waals surface area contributed by atoms with Crippen molar-refractivity contribution >= 4 is 60.3 Å². The number of thiazole rings is 1. The Kier molecular flexibility index (Phi) is 7.89. The Morgan fingerprint density at radius 2 is 1.97 bits per heavy atom. The fourth-order valence-electron chi connectivity index (χ4n) is 3.08. The van der Waals surface area contributed by atoms with Gasteiger partial charge in [0.1, 0.15) is 0 Å². The molecule has 0 aliphatic rings. The van der Waals surface area contributed by atoms with Gasteiger partial charge in [-0.1, -0.05) is 53.2 Å². The van der Waals surface area contributed by atoms with Gasteiger partial charge in [0.15, 0.2) is 5.13 Å². The Bertz CT molecular complexity index is 1110. The van der Waals surface area contributed by atoms with Gasteiger partial charge in [-0.15, -0.1) is 0 Å². The second-order valence-electron chi connectivity index (χ2n) is 6.81. The van der Waals surface area contributed by atoms with Gasteiger partial charge in [-0.25, -0.2) is 4.98 Å². The van der Waals surface area contributed by atoms with Gasteiger partial charge in [0.05, 0.1) is 15.1 Å². The largest absolute Gasteiger partial charge is 0.302 e. The smallest absolute Gasteiger partial charge is 0.270 e. The van der Waals surface area contributed by atoms with E-state index in [9.17, 15) is 14.9 Å². The number of amides is 1. The minimum absolute atomic E-state index is 0.00950. The standard InChI is InChI=1S/C22H23BrN4O3S/c1-3-25(4-2)12-13-26(22-24-19-10-9-17(23)15-20(19)31-22)21(28)11-8-16-6-5-7-18(14-16)27(29)30/h5-11,14-15H,3-4,12-13H2,1-2H3/b11-8+. The molecule has 0 spiro atoms. The molecular formula is C22H23BrN4O3S. The molecule has 0 saturated carbocycles. The monoisotopic (exact) mass is 502 g/mol. The number of non-ortho nitro benzene ring substituents is 1. The number of anilines is 1. The lowest BCUT2D eigenvalue weighted by atomic mass is 10.2. The number of nitrogens with zero attached hydrogens (tertiary/aromatic N) is 4. The predicted octanol–water partition coefficient (Wildman–Crippen LogP) is 5.36. The lowest BCUT2D eigenvalue weighted by molar-refractivity contribution is -0.384. The fraction of sp³-hybridized carbons (Fsp3) is 0.273. The summed E-state index contributed by atoms with van der Waals surface area (Å²) in [6.07, 6.45) is 3.05. The maximum absolute atomic E-state index is 13.1. The van der Waals surface area contributed by atoms with Crippen molar-refractivity contribution in [2.45, 2.75) is 13.8 Å². The average Bonchev–Trinajstić information content (AvgIpc) is 3.18. The molecular weight excluding hydrogens is 480 g/mol. The molecule has 1 heterocycles. The number of fused-ring (bicyclic) bond motifs is 1. The minimum atomic E-state index is -0.450. The molecule has 1 amide bonds. The number of hydrogen-bond acceptors (Lipinski definition) is 6. The molecule has 0 atom stereocenters. The molecule has 3 aromatic rings. The maximum atomic E-state index is 13.1. The van der Waals surface area contributed by atoms with Crippen LogP contribution in [0.15, 0.2) is 53.0 Å². The minimum Gasteiger partial charge on any atom is -0.302 e. The highest BCUT2D eigenvalue weighted by Crippen LogP contribution is 2.31. The first kappa shape index (κ1) is 23.1. The van der Waals surface area contributed by atoms with Crippen LogP contribution in [0.2, 0.25) is 0 Å². The van der Waals surface area contributed by atoms with Crippen LogP contribution in [0.5, 0.6) is 0 Å². The van der Waals surface area contributed by atoms with E-state index in [-0.39, 0.29) is 11.6 Å².